The van der Waals surface area contributed by atoms with E-state index in [-0.39, 0.29) is 23.4 Å². The van der Waals surface area contributed by atoms with Gasteiger partial charge in [-0.25, -0.2) is 0 Å². The molecule has 8 nitrogen and oxygen atoms in total. The monoisotopic (exact) mass is 402 g/mol. The van der Waals surface area contributed by atoms with Gasteiger partial charge in [-0.15, -0.1) is 0 Å². The van der Waals surface area contributed by atoms with Crippen molar-refractivity contribution >= 4 is 23.2 Å². The lowest BCUT2D eigenvalue weighted by Gasteiger charge is -2.37. The number of piperazine rings is 1. The molecule has 0 aliphatic carbocycles. The number of hydrogen-bond donors (Lipinski definition) is 0. The second-order valence-corrected chi connectivity index (χ2v) is 8.40. The van der Waals surface area contributed by atoms with Gasteiger partial charge in [0.05, 0.1) is 16.2 Å². The SMILES string of the molecule is CC1CCN(c2ccc([N+](=O)[O-])cc2C(=O)N2CCN(C(=O)C(C)C)CC2)CC1. The van der Waals surface area contributed by atoms with Crippen LogP contribution in [0.3, 0.4) is 0 Å². The number of nitro groups is 1. The fourth-order valence-corrected chi connectivity index (χ4v) is 4.00. The Hall–Kier alpha value is -2.64. The molecule has 29 heavy (non-hydrogen) atoms. The van der Waals surface area contributed by atoms with Crippen molar-refractivity contribution in [3.8, 4) is 0 Å². The van der Waals surface area contributed by atoms with Gasteiger partial charge in [-0.05, 0) is 24.8 Å². The Balaban J connectivity index is 1.80. The predicted octanol–water partition coefficient (Wildman–Crippen LogP) is 2.77. The maximum absolute atomic E-state index is 13.3. The van der Waals surface area contributed by atoms with E-state index < -0.39 is 4.92 Å². The Labute approximate surface area is 171 Å². The van der Waals surface area contributed by atoms with Crippen LogP contribution in [0, 0.1) is 22.0 Å². The minimum absolute atomic E-state index is 0.0675. The number of rotatable bonds is 4. The van der Waals surface area contributed by atoms with E-state index in [1.807, 2.05) is 13.8 Å². The molecule has 2 saturated heterocycles. The van der Waals surface area contributed by atoms with E-state index in [1.165, 1.54) is 12.1 Å². The van der Waals surface area contributed by atoms with E-state index >= 15 is 0 Å². The number of carbonyl (C=O) groups excluding carboxylic acids is 2. The van der Waals surface area contributed by atoms with Crippen molar-refractivity contribution in [2.45, 2.75) is 33.6 Å². The summed E-state index contributed by atoms with van der Waals surface area (Å²) in [6.07, 6.45) is 2.08. The standard InChI is InChI=1S/C21H30N4O4/c1-15(2)20(26)23-10-12-24(13-11-23)21(27)18-14-17(25(28)29)4-5-19(18)22-8-6-16(3)7-9-22/h4-5,14-16H,6-13H2,1-3H3. The van der Waals surface area contributed by atoms with E-state index in [1.54, 1.807) is 15.9 Å². The van der Waals surface area contributed by atoms with E-state index in [4.69, 9.17) is 0 Å². The Kier molecular flexibility index (Phi) is 6.39. The van der Waals surface area contributed by atoms with Crippen LogP contribution in [0.1, 0.15) is 44.0 Å². The second-order valence-electron chi connectivity index (χ2n) is 8.40. The summed E-state index contributed by atoms with van der Waals surface area (Å²) in [5.41, 5.74) is 1.08. The molecule has 2 aliphatic heterocycles. The molecule has 8 heteroatoms. The molecule has 0 spiro atoms. The van der Waals surface area contributed by atoms with Crippen molar-refractivity contribution in [2.75, 3.05) is 44.2 Å². The molecule has 2 amide bonds. The summed E-state index contributed by atoms with van der Waals surface area (Å²) in [5.74, 6) is 0.478. The quantitative estimate of drug-likeness (QED) is 0.571. The number of carbonyl (C=O) groups is 2. The summed E-state index contributed by atoms with van der Waals surface area (Å²) < 4.78 is 0. The topological polar surface area (TPSA) is 87.0 Å². The van der Waals surface area contributed by atoms with Crippen LogP contribution in [-0.2, 0) is 4.79 Å². The first kappa shape index (κ1) is 21.1. The van der Waals surface area contributed by atoms with Crippen molar-refractivity contribution in [3.63, 3.8) is 0 Å². The molecule has 0 radical (unpaired) electrons. The molecular weight excluding hydrogens is 372 g/mol. The van der Waals surface area contributed by atoms with Crippen LogP contribution < -0.4 is 4.90 Å². The number of non-ortho nitro benzene ring substituents is 1. The van der Waals surface area contributed by atoms with Crippen LogP contribution in [0.15, 0.2) is 18.2 Å². The van der Waals surface area contributed by atoms with E-state index in [0.717, 1.165) is 31.6 Å². The molecule has 0 saturated carbocycles. The van der Waals surface area contributed by atoms with Crippen LogP contribution in [-0.4, -0.2) is 65.8 Å². The molecule has 0 atom stereocenters. The van der Waals surface area contributed by atoms with Gasteiger partial charge in [-0.1, -0.05) is 20.8 Å². The summed E-state index contributed by atoms with van der Waals surface area (Å²) in [4.78, 5) is 42.0. The Morgan fingerprint density at radius 1 is 1.03 bits per heavy atom. The molecule has 0 bridgehead atoms. The predicted molar refractivity (Wildman–Crippen MR) is 111 cm³/mol. The number of amides is 2. The van der Waals surface area contributed by atoms with Gasteiger partial charge in [0.2, 0.25) is 5.91 Å². The Morgan fingerprint density at radius 3 is 2.17 bits per heavy atom. The largest absolute Gasteiger partial charge is 0.371 e. The lowest BCUT2D eigenvalue weighted by molar-refractivity contribution is -0.384. The summed E-state index contributed by atoms with van der Waals surface area (Å²) >= 11 is 0. The number of nitrogens with zero attached hydrogens (tertiary/aromatic N) is 4. The van der Waals surface area contributed by atoms with Crippen LogP contribution >= 0.6 is 0 Å². The number of hydrogen-bond acceptors (Lipinski definition) is 5. The molecule has 0 N–H and O–H groups in total. The zero-order valence-electron chi connectivity index (χ0n) is 17.5. The fraction of sp³-hybridized carbons (Fsp3) is 0.619. The highest BCUT2D eigenvalue weighted by Crippen LogP contribution is 2.30. The maximum Gasteiger partial charge on any atom is 0.270 e. The van der Waals surface area contributed by atoms with Crippen LogP contribution in [0.5, 0.6) is 0 Å². The van der Waals surface area contributed by atoms with E-state index in [9.17, 15) is 19.7 Å². The summed E-state index contributed by atoms with van der Waals surface area (Å²) in [6.45, 7) is 9.52. The summed E-state index contributed by atoms with van der Waals surface area (Å²) in [6, 6.07) is 4.59. The van der Waals surface area contributed by atoms with Crippen LogP contribution in [0.4, 0.5) is 11.4 Å². The van der Waals surface area contributed by atoms with Gasteiger partial charge >= 0.3 is 0 Å². The van der Waals surface area contributed by atoms with Crippen molar-refractivity contribution in [3.05, 3.63) is 33.9 Å². The highest BCUT2D eigenvalue weighted by atomic mass is 16.6. The number of benzene rings is 1. The molecule has 158 valence electrons. The Morgan fingerprint density at radius 2 is 1.62 bits per heavy atom. The molecule has 2 aliphatic rings. The van der Waals surface area contributed by atoms with E-state index in [2.05, 4.69) is 11.8 Å². The van der Waals surface area contributed by atoms with Gasteiger partial charge in [-0.3, -0.25) is 19.7 Å². The van der Waals surface area contributed by atoms with Crippen molar-refractivity contribution < 1.29 is 14.5 Å². The van der Waals surface area contributed by atoms with Crippen molar-refractivity contribution in [1.82, 2.24) is 9.80 Å². The average Bonchev–Trinajstić information content (AvgIpc) is 2.73. The van der Waals surface area contributed by atoms with Gasteiger partial charge in [0.1, 0.15) is 0 Å². The minimum atomic E-state index is -0.460. The number of nitro benzene ring substituents is 1. The Bertz CT molecular complexity index is 779. The highest BCUT2D eigenvalue weighted by molar-refractivity contribution is 6.00. The number of piperidine rings is 1. The fourth-order valence-electron chi connectivity index (χ4n) is 4.00. The first-order valence-corrected chi connectivity index (χ1v) is 10.4. The molecule has 2 heterocycles. The van der Waals surface area contributed by atoms with Crippen molar-refractivity contribution in [1.29, 1.82) is 0 Å². The summed E-state index contributed by atoms with van der Waals surface area (Å²) in [7, 11) is 0. The molecule has 0 aromatic heterocycles. The smallest absolute Gasteiger partial charge is 0.270 e. The lowest BCUT2D eigenvalue weighted by atomic mass is 9.97. The maximum atomic E-state index is 13.3. The molecule has 1 aromatic carbocycles. The third kappa shape index (κ3) is 4.68. The third-order valence-corrected chi connectivity index (χ3v) is 5.92. The average molecular weight is 402 g/mol. The van der Waals surface area contributed by atoms with Crippen molar-refractivity contribution in [2.24, 2.45) is 11.8 Å². The minimum Gasteiger partial charge on any atom is -0.371 e. The van der Waals surface area contributed by atoms with Gasteiger partial charge in [-0.2, -0.15) is 0 Å². The summed E-state index contributed by atoms with van der Waals surface area (Å²) in [5, 5.41) is 11.3. The zero-order valence-corrected chi connectivity index (χ0v) is 17.5. The second kappa shape index (κ2) is 8.80. The molecule has 0 unspecified atom stereocenters. The normalized spacial score (nSPS) is 18.3. The molecule has 3 rings (SSSR count). The van der Waals surface area contributed by atoms with Crippen LogP contribution in [0.2, 0.25) is 0 Å². The van der Waals surface area contributed by atoms with E-state index in [0.29, 0.717) is 37.7 Å². The molecule has 2 fully saturated rings. The van der Waals surface area contributed by atoms with Gasteiger partial charge < -0.3 is 14.7 Å². The first-order chi connectivity index (χ1) is 13.8. The molecular formula is C21H30N4O4. The molecule has 1 aromatic rings. The lowest BCUT2D eigenvalue weighted by Crippen LogP contribution is -2.51. The first-order valence-electron chi connectivity index (χ1n) is 10.4. The third-order valence-electron chi connectivity index (χ3n) is 5.92. The highest BCUT2D eigenvalue weighted by Gasteiger charge is 2.29. The number of anilines is 1. The van der Waals surface area contributed by atoms with Gasteiger partial charge in [0.25, 0.3) is 11.6 Å². The van der Waals surface area contributed by atoms with Gasteiger partial charge in [0, 0.05) is 57.3 Å². The zero-order chi connectivity index (χ0) is 21.1. The van der Waals surface area contributed by atoms with Gasteiger partial charge in [0.15, 0.2) is 0 Å². The van der Waals surface area contributed by atoms with Crippen LogP contribution in [0.25, 0.3) is 0 Å².